The van der Waals surface area contributed by atoms with Crippen molar-refractivity contribution >= 4 is 15.7 Å². The number of nitrogens with one attached hydrogen (secondary N) is 1. The second-order valence-electron chi connectivity index (χ2n) is 5.82. The summed E-state index contributed by atoms with van der Waals surface area (Å²) in [5.74, 6) is 0.180. The number of hydrogen-bond donors (Lipinski definition) is 1. The zero-order valence-corrected chi connectivity index (χ0v) is 14.0. The van der Waals surface area contributed by atoms with E-state index in [1.807, 2.05) is 49.1 Å². The Kier molecular flexibility index (Phi) is 5.58. The molecule has 2 atom stereocenters. The van der Waals surface area contributed by atoms with E-state index in [1.54, 1.807) is 0 Å². The Labute approximate surface area is 132 Å². The minimum Gasteiger partial charge on any atom is -0.352 e. The van der Waals surface area contributed by atoms with E-state index >= 15 is 0 Å². The van der Waals surface area contributed by atoms with E-state index in [9.17, 15) is 13.2 Å². The molecule has 2 rings (SSSR count). The number of sulfone groups is 1. The molecule has 1 saturated heterocycles. The fourth-order valence-corrected chi connectivity index (χ4v) is 3.80. The van der Waals surface area contributed by atoms with Crippen molar-refractivity contribution < 1.29 is 13.2 Å². The second kappa shape index (κ2) is 7.24. The average molecular weight is 324 g/mol. The van der Waals surface area contributed by atoms with Crippen molar-refractivity contribution in [1.82, 2.24) is 10.2 Å². The van der Waals surface area contributed by atoms with E-state index in [1.165, 1.54) is 0 Å². The van der Waals surface area contributed by atoms with Gasteiger partial charge in [-0.25, -0.2) is 8.42 Å². The van der Waals surface area contributed by atoms with Crippen LogP contribution in [-0.2, 0) is 14.6 Å². The van der Waals surface area contributed by atoms with Crippen molar-refractivity contribution in [3.05, 3.63) is 35.9 Å². The minimum atomic E-state index is -2.96. The third kappa shape index (κ3) is 4.30. The lowest BCUT2D eigenvalue weighted by molar-refractivity contribution is -0.127. The Balaban J connectivity index is 2.21. The van der Waals surface area contributed by atoms with E-state index in [0.29, 0.717) is 13.1 Å². The molecule has 1 aromatic carbocycles. The Morgan fingerprint density at radius 3 is 2.36 bits per heavy atom. The fraction of sp³-hybridized carbons (Fsp3) is 0.562. The van der Waals surface area contributed by atoms with E-state index in [0.717, 1.165) is 12.0 Å². The lowest BCUT2D eigenvalue weighted by Crippen LogP contribution is -2.48. The van der Waals surface area contributed by atoms with Crippen LogP contribution >= 0.6 is 0 Å². The van der Waals surface area contributed by atoms with E-state index in [2.05, 4.69) is 5.32 Å². The van der Waals surface area contributed by atoms with Gasteiger partial charge in [0.05, 0.1) is 11.5 Å². The summed E-state index contributed by atoms with van der Waals surface area (Å²) in [4.78, 5) is 14.6. The predicted molar refractivity (Wildman–Crippen MR) is 87.3 cm³/mol. The highest BCUT2D eigenvalue weighted by Crippen LogP contribution is 2.23. The smallest absolute Gasteiger partial charge is 0.242 e. The summed E-state index contributed by atoms with van der Waals surface area (Å²) in [7, 11) is -2.96. The number of nitrogens with zero attached hydrogens (tertiary/aromatic N) is 1. The molecule has 1 heterocycles. The van der Waals surface area contributed by atoms with Gasteiger partial charge >= 0.3 is 0 Å². The fourth-order valence-electron chi connectivity index (χ4n) is 2.57. The van der Waals surface area contributed by atoms with E-state index in [-0.39, 0.29) is 23.5 Å². The van der Waals surface area contributed by atoms with Crippen LogP contribution in [0.5, 0.6) is 0 Å². The van der Waals surface area contributed by atoms with Crippen LogP contribution in [0.25, 0.3) is 0 Å². The zero-order chi connectivity index (χ0) is 16.2. The quantitative estimate of drug-likeness (QED) is 0.888. The first-order valence-electron chi connectivity index (χ1n) is 7.72. The third-order valence-electron chi connectivity index (χ3n) is 4.11. The number of carbonyl (C=O) groups is 1. The Hall–Kier alpha value is -1.40. The summed E-state index contributed by atoms with van der Waals surface area (Å²) in [6.07, 6.45) is 0.863. The van der Waals surface area contributed by atoms with Gasteiger partial charge in [0.25, 0.3) is 0 Å². The first-order valence-corrected chi connectivity index (χ1v) is 9.55. The molecular formula is C16H24N2O3S. The average Bonchev–Trinajstić information content (AvgIpc) is 2.50. The molecule has 0 saturated carbocycles. The number of benzene rings is 1. The molecule has 122 valence electrons. The molecule has 6 heteroatoms. The van der Waals surface area contributed by atoms with E-state index in [4.69, 9.17) is 0 Å². The summed E-state index contributed by atoms with van der Waals surface area (Å²) in [6.45, 7) is 4.79. The highest BCUT2D eigenvalue weighted by Gasteiger charge is 2.32. The van der Waals surface area contributed by atoms with Gasteiger partial charge in [0.15, 0.2) is 9.84 Å². The largest absolute Gasteiger partial charge is 0.352 e. The van der Waals surface area contributed by atoms with Gasteiger partial charge in [0.2, 0.25) is 5.91 Å². The molecule has 0 aromatic heterocycles. The molecule has 0 bridgehead atoms. The molecule has 0 radical (unpaired) electrons. The van der Waals surface area contributed by atoms with Gasteiger partial charge in [-0.1, -0.05) is 37.3 Å². The van der Waals surface area contributed by atoms with Crippen molar-refractivity contribution in [2.24, 2.45) is 0 Å². The Bertz CT molecular complexity index is 587. The van der Waals surface area contributed by atoms with Crippen molar-refractivity contribution in [1.29, 1.82) is 0 Å². The number of carbonyl (C=O) groups excluding carboxylic acids is 1. The molecule has 5 nitrogen and oxygen atoms in total. The van der Waals surface area contributed by atoms with Crippen molar-refractivity contribution in [2.45, 2.75) is 32.4 Å². The molecule has 22 heavy (non-hydrogen) atoms. The van der Waals surface area contributed by atoms with Crippen LogP contribution in [0.3, 0.4) is 0 Å². The summed E-state index contributed by atoms with van der Waals surface area (Å²) < 4.78 is 23.2. The summed E-state index contributed by atoms with van der Waals surface area (Å²) in [5, 5.41) is 3.02. The van der Waals surface area contributed by atoms with Gasteiger partial charge in [-0.15, -0.1) is 0 Å². The van der Waals surface area contributed by atoms with Crippen LogP contribution in [0.1, 0.15) is 31.9 Å². The third-order valence-corrected chi connectivity index (χ3v) is 5.72. The maximum atomic E-state index is 12.7. The maximum Gasteiger partial charge on any atom is 0.242 e. The molecule has 2 unspecified atom stereocenters. The van der Waals surface area contributed by atoms with Gasteiger partial charge in [-0.05, 0) is 18.9 Å². The molecule has 0 aliphatic carbocycles. The van der Waals surface area contributed by atoms with Crippen LogP contribution in [0.2, 0.25) is 0 Å². The van der Waals surface area contributed by atoms with E-state index < -0.39 is 15.9 Å². The lowest BCUT2D eigenvalue weighted by Gasteiger charge is -2.34. The first kappa shape index (κ1) is 17.0. The molecule has 1 N–H and O–H groups in total. The van der Waals surface area contributed by atoms with Crippen LogP contribution in [0.15, 0.2) is 30.3 Å². The molecule has 1 aromatic rings. The van der Waals surface area contributed by atoms with Crippen molar-refractivity contribution in [3.8, 4) is 0 Å². The molecule has 1 amide bonds. The van der Waals surface area contributed by atoms with Gasteiger partial charge in [-0.2, -0.15) is 0 Å². The Morgan fingerprint density at radius 2 is 1.82 bits per heavy atom. The standard InChI is InChI=1S/C16H24N2O3S/c1-3-13(2)17-16(19)15(14-7-5-4-6-8-14)18-9-11-22(20,21)12-10-18/h4-8,13,15H,3,9-12H2,1-2H3,(H,17,19). The number of hydrogen-bond acceptors (Lipinski definition) is 4. The van der Waals surface area contributed by atoms with Crippen LogP contribution in [-0.4, -0.2) is 49.9 Å². The van der Waals surface area contributed by atoms with Gasteiger partial charge in [0, 0.05) is 19.1 Å². The Morgan fingerprint density at radius 1 is 1.23 bits per heavy atom. The predicted octanol–water partition coefficient (Wildman–Crippen LogP) is 1.37. The van der Waals surface area contributed by atoms with Gasteiger partial charge in [0.1, 0.15) is 6.04 Å². The minimum absolute atomic E-state index is 0.0557. The summed E-state index contributed by atoms with van der Waals surface area (Å²) >= 11 is 0. The molecule has 0 spiro atoms. The van der Waals surface area contributed by atoms with Crippen LogP contribution in [0.4, 0.5) is 0 Å². The van der Waals surface area contributed by atoms with Gasteiger partial charge in [-0.3, -0.25) is 9.69 Å². The normalized spacial score (nSPS) is 21.0. The SMILES string of the molecule is CCC(C)NC(=O)C(c1ccccc1)N1CCS(=O)(=O)CC1. The van der Waals surface area contributed by atoms with Crippen molar-refractivity contribution in [3.63, 3.8) is 0 Å². The summed E-state index contributed by atoms with van der Waals surface area (Å²) in [6, 6.07) is 9.24. The zero-order valence-electron chi connectivity index (χ0n) is 13.2. The monoisotopic (exact) mass is 324 g/mol. The first-order chi connectivity index (χ1) is 10.4. The lowest BCUT2D eigenvalue weighted by atomic mass is 10.0. The van der Waals surface area contributed by atoms with Gasteiger partial charge < -0.3 is 5.32 Å². The number of amides is 1. The highest BCUT2D eigenvalue weighted by atomic mass is 32.2. The molecule has 1 aliphatic heterocycles. The topological polar surface area (TPSA) is 66.5 Å². The molecule has 1 fully saturated rings. The number of rotatable bonds is 5. The maximum absolute atomic E-state index is 12.7. The highest BCUT2D eigenvalue weighted by molar-refractivity contribution is 7.91. The molecular weight excluding hydrogens is 300 g/mol. The van der Waals surface area contributed by atoms with Crippen molar-refractivity contribution in [2.75, 3.05) is 24.6 Å². The molecule has 1 aliphatic rings. The van der Waals surface area contributed by atoms with Crippen LogP contribution < -0.4 is 5.32 Å². The second-order valence-corrected chi connectivity index (χ2v) is 8.12. The van der Waals surface area contributed by atoms with Crippen LogP contribution in [0, 0.1) is 0 Å². The summed E-state index contributed by atoms with van der Waals surface area (Å²) in [5.41, 5.74) is 0.905.